The summed E-state index contributed by atoms with van der Waals surface area (Å²) in [5.41, 5.74) is 6.26. The third-order valence-electron chi connectivity index (χ3n) is 5.92. The molecule has 2 aromatic carbocycles. The molecule has 0 unspecified atom stereocenters. The first kappa shape index (κ1) is 21.1. The lowest BCUT2D eigenvalue weighted by molar-refractivity contribution is -0.123. The van der Waals surface area contributed by atoms with Gasteiger partial charge in [-0.1, -0.05) is 24.3 Å². The molecule has 0 saturated carbocycles. The molecule has 2 N–H and O–H groups in total. The fourth-order valence-electron chi connectivity index (χ4n) is 4.35. The van der Waals surface area contributed by atoms with E-state index in [9.17, 15) is 18.0 Å². The number of amidine groups is 1. The van der Waals surface area contributed by atoms with Crippen molar-refractivity contribution < 1.29 is 13.2 Å². The number of rotatable bonds is 4. The van der Waals surface area contributed by atoms with Crippen molar-refractivity contribution in [2.75, 3.05) is 12.0 Å². The van der Waals surface area contributed by atoms with Crippen molar-refractivity contribution in [3.05, 3.63) is 64.4 Å². The van der Waals surface area contributed by atoms with Crippen LogP contribution in [-0.4, -0.2) is 47.2 Å². The number of sulfonamides is 1. The van der Waals surface area contributed by atoms with Gasteiger partial charge in [0.2, 0.25) is 5.95 Å². The van der Waals surface area contributed by atoms with Crippen molar-refractivity contribution in [3.8, 4) is 0 Å². The lowest BCUT2D eigenvalue weighted by atomic mass is 10.1. The summed E-state index contributed by atoms with van der Waals surface area (Å²) in [4.78, 5) is 32.2. The highest BCUT2D eigenvalue weighted by molar-refractivity contribution is 7.90. The fourth-order valence-corrected chi connectivity index (χ4v) is 5.56. The van der Waals surface area contributed by atoms with E-state index in [0.717, 1.165) is 0 Å². The first-order chi connectivity index (χ1) is 15.9. The number of nitrogens with zero attached hydrogens (tertiary/aromatic N) is 4. The topological polar surface area (TPSA) is 126 Å². The molecule has 0 aliphatic carbocycles. The van der Waals surface area contributed by atoms with Gasteiger partial charge in [0.15, 0.2) is 5.84 Å². The number of nitrogens with one attached hydrogen (secondary N) is 2. The van der Waals surface area contributed by atoms with E-state index < -0.39 is 16.1 Å². The predicted molar refractivity (Wildman–Crippen MR) is 123 cm³/mol. The summed E-state index contributed by atoms with van der Waals surface area (Å²) in [5.74, 6) is 0.157. The minimum atomic E-state index is -3.78. The molecule has 1 atom stereocenters. The Bertz CT molecular complexity index is 1460. The van der Waals surface area contributed by atoms with Gasteiger partial charge in [0.1, 0.15) is 10.9 Å². The lowest BCUT2D eigenvalue weighted by Crippen LogP contribution is -2.48. The number of carbonyl (C=O) groups excluding carboxylic acids is 1. The van der Waals surface area contributed by atoms with Gasteiger partial charge in [-0.25, -0.2) is 4.98 Å². The van der Waals surface area contributed by atoms with Gasteiger partial charge in [-0.05, 0) is 44.0 Å². The van der Waals surface area contributed by atoms with Crippen LogP contribution in [0.3, 0.4) is 0 Å². The Kier molecular flexibility index (Phi) is 5.12. The Morgan fingerprint density at radius 3 is 2.73 bits per heavy atom. The number of para-hydroxylation sites is 1. The van der Waals surface area contributed by atoms with Gasteiger partial charge in [-0.15, -0.1) is 4.40 Å². The SMILES string of the molecule is CCn1c(NNC(=O)[C@@H]2CCCN2C2=NS(=O)(=O)c3ccccc32)nc2ccccc2c1=O. The minimum Gasteiger partial charge on any atom is -0.343 e. The van der Waals surface area contributed by atoms with Gasteiger partial charge in [-0.2, -0.15) is 8.42 Å². The van der Waals surface area contributed by atoms with Crippen molar-refractivity contribution in [2.45, 2.75) is 37.2 Å². The molecule has 33 heavy (non-hydrogen) atoms. The summed E-state index contributed by atoms with van der Waals surface area (Å²) < 4.78 is 30.3. The zero-order valence-corrected chi connectivity index (χ0v) is 18.7. The first-order valence-corrected chi connectivity index (χ1v) is 12.1. The summed E-state index contributed by atoms with van der Waals surface area (Å²) in [5, 5.41) is 0.498. The van der Waals surface area contributed by atoms with Crippen LogP contribution in [0.25, 0.3) is 10.9 Å². The Morgan fingerprint density at radius 1 is 1.15 bits per heavy atom. The largest absolute Gasteiger partial charge is 0.343 e. The molecule has 5 rings (SSSR count). The number of hydrazine groups is 1. The molecule has 3 aromatic rings. The predicted octanol–water partition coefficient (Wildman–Crippen LogP) is 1.47. The molecular formula is C22H22N6O4S. The highest BCUT2D eigenvalue weighted by atomic mass is 32.2. The minimum absolute atomic E-state index is 0.150. The second-order valence-corrected chi connectivity index (χ2v) is 9.43. The molecule has 170 valence electrons. The van der Waals surface area contributed by atoms with Gasteiger partial charge < -0.3 is 4.90 Å². The standard InChI is InChI=1S/C22H22N6O4S/c1-2-27-21(30)14-8-3-5-10-16(14)23-22(27)25-24-20(29)17-11-7-13-28(17)19-15-9-4-6-12-18(15)33(31,32)26-19/h3-6,8-10,12,17H,2,7,11,13H2,1H3,(H,23,25)(H,24,29)/t17-/m0/s1. The van der Waals surface area contributed by atoms with Crippen LogP contribution in [0.4, 0.5) is 5.95 Å². The highest BCUT2D eigenvalue weighted by Crippen LogP contribution is 2.31. The van der Waals surface area contributed by atoms with Crippen molar-refractivity contribution in [1.82, 2.24) is 19.9 Å². The summed E-state index contributed by atoms with van der Waals surface area (Å²) in [6.45, 7) is 2.70. The Hall–Kier alpha value is -3.73. The number of amides is 1. The lowest BCUT2D eigenvalue weighted by Gasteiger charge is -2.26. The number of anilines is 1. The Labute approximate surface area is 190 Å². The van der Waals surface area contributed by atoms with Gasteiger partial charge in [0.05, 0.1) is 10.9 Å². The van der Waals surface area contributed by atoms with Crippen LogP contribution in [0, 0.1) is 0 Å². The van der Waals surface area contributed by atoms with E-state index in [1.807, 2.05) is 6.92 Å². The van der Waals surface area contributed by atoms with Crippen LogP contribution in [0.1, 0.15) is 25.3 Å². The molecule has 3 heterocycles. The van der Waals surface area contributed by atoms with E-state index >= 15 is 0 Å². The second kappa shape index (κ2) is 8.00. The van der Waals surface area contributed by atoms with Crippen molar-refractivity contribution in [2.24, 2.45) is 4.40 Å². The molecule has 11 heteroatoms. The van der Waals surface area contributed by atoms with Crippen LogP contribution >= 0.6 is 0 Å². The molecule has 2 aliphatic heterocycles. The maximum absolute atomic E-state index is 13.1. The smallest absolute Gasteiger partial charge is 0.285 e. The number of hydrogen-bond donors (Lipinski definition) is 2. The normalized spacial score (nSPS) is 18.8. The average molecular weight is 467 g/mol. The Balaban J connectivity index is 1.40. The fraction of sp³-hybridized carbons (Fsp3) is 0.273. The van der Waals surface area contributed by atoms with Gasteiger partial charge in [0.25, 0.3) is 21.5 Å². The van der Waals surface area contributed by atoms with Crippen LogP contribution in [0.5, 0.6) is 0 Å². The van der Waals surface area contributed by atoms with Crippen LogP contribution in [0.15, 0.2) is 62.6 Å². The number of hydrogen-bond acceptors (Lipinski definition) is 7. The molecule has 1 saturated heterocycles. The van der Waals surface area contributed by atoms with E-state index in [4.69, 9.17) is 0 Å². The molecule has 0 bridgehead atoms. The average Bonchev–Trinajstić information content (AvgIpc) is 3.40. The van der Waals surface area contributed by atoms with Crippen molar-refractivity contribution >= 4 is 38.6 Å². The number of aromatic nitrogens is 2. The molecule has 2 aliphatic rings. The third-order valence-corrected chi connectivity index (χ3v) is 7.24. The number of likely N-dealkylation sites (tertiary alicyclic amines) is 1. The maximum Gasteiger partial charge on any atom is 0.285 e. The monoisotopic (exact) mass is 466 g/mol. The van der Waals surface area contributed by atoms with Gasteiger partial charge >= 0.3 is 0 Å². The summed E-state index contributed by atoms with van der Waals surface area (Å²) >= 11 is 0. The number of benzene rings is 2. The number of fused-ring (bicyclic) bond motifs is 2. The van der Waals surface area contributed by atoms with E-state index in [0.29, 0.717) is 42.4 Å². The quantitative estimate of drug-likeness (QED) is 0.558. The molecule has 0 spiro atoms. The molecule has 1 amide bonds. The Morgan fingerprint density at radius 2 is 1.91 bits per heavy atom. The van der Waals surface area contributed by atoms with Crippen LogP contribution < -0.4 is 16.4 Å². The van der Waals surface area contributed by atoms with Crippen LogP contribution in [0.2, 0.25) is 0 Å². The van der Waals surface area contributed by atoms with E-state index in [-0.39, 0.29) is 28.1 Å². The first-order valence-electron chi connectivity index (χ1n) is 10.7. The molecule has 10 nitrogen and oxygen atoms in total. The second-order valence-electron chi connectivity index (χ2n) is 7.85. The maximum atomic E-state index is 13.1. The van der Waals surface area contributed by atoms with Crippen molar-refractivity contribution in [1.29, 1.82) is 0 Å². The summed E-state index contributed by atoms with van der Waals surface area (Å²) in [6, 6.07) is 13.0. The zero-order chi connectivity index (χ0) is 23.2. The van der Waals surface area contributed by atoms with E-state index in [1.165, 1.54) is 10.6 Å². The summed E-state index contributed by atoms with van der Waals surface area (Å²) in [6.07, 6.45) is 1.26. The van der Waals surface area contributed by atoms with Crippen LogP contribution in [-0.2, 0) is 21.4 Å². The third kappa shape index (κ3) is 3.54. The van der Waals surface area contributed by atoms with E-state index in [1.54, 1.807) is 47.4 Å². The van der Waals surface area contributed by atoms with Crippen molar-refractivity contribution in [3.63, 3.8) is 0 Å². The molecule has 0 radical (unpaired) electrons. The van der Waals surface area contributed by atoms with E-state index in [2.05, 4.69) is 20.2 Å². The molecule has 1 fully saturated rings. The highest BCUT2D eigenvalue weighted by Gasteiger charge is 2.39. The zero-order valence-electron chi connectivity index (χ0n) is 17.9. The summed E-state index contributed by atoms with van der Waals surface area (Å²) in [7, 11) is -3.78. The molecular weight excluding hydrogens is 444 g/mol. The van der Waals surface area contributed by atoms with Gasteiger partial charge in [0, 0.05) is 18.7 Å². The van der Waals surface area contributed by atoms with Gasteiger partial charge in [-0.3, -0.25) is 25.0 Å². The number of carbonyl (C=O) groups is 1. The molecule has 1 aromatic heterocycles.